The van der Waals surface area contributed by atoms with Crippen molar-refractivity contribution in [1.82, 2.24) is 9.97 Å². The van der Waals surface area contributed by atoms with Crippen LogP contribution < -0.4 is 10.1 Å². The number of fused-ring (bicyclic) bond motifs is 1. The predicted molar refractivity (Wildman–Crippen MR) is 83.5 cm³/mol. The summed E-state index contributed by atoms with van der Waals surface area (Å²) in [7, 11) is 1.58. The van der Waals surface area contributed by atoms with E-state index in [1.165, 1.54) is 5.39 Å². The van der Waals surface area contributed by atoms with Gasteiger partial charge >= 0.3 is 0 Å². The van der Waals surface area contributed by atoms with Gasteiger partial charge in [0.25, 0.3) is 0 Å². The minimum atomic E-state index is 0.501. The monoisotopic (exact) mass is 329 g/mol. The van der Waals surface area contributed by atoms with Crippen LogP contribution in [0.1, 0.15) is 0 Å². The van der Waals surface area contributed by atoms with Crippen molar-refractivity contribution in [3.63, 3.8) is 0 Å². The highest BCUT2D eigenvalue weighted by atomic mass is 79.9. The Kier molecular flexibility index (Phi) is 3.52. The minimum absolute atomic E-state index is 0.501. The molecule has 100 valence electrons. The third kappa shape index (κ3) is 2.44. The number of hydrogen-bond donors (Lipinski definition) is 1. The normalized spacial score (nSPS) is 10.5. The van der Waals surface area contributed by atoms with Crippen LogP contribution in [0.15, 0.2) is 53.1 Å². The molecule has 4 nitrogen and oxygen atoms in total. The number of halogens is 1. The summed E-state index contributed by atoms with van der Waals surface area (Å²) in [5.74, 6) is 1.00. The van der Waals surface area contributed by atoms with Gasteiger partial charge in [0.1, 0.15) is 0 Å². The quantitative estimate of drug-likeness (QED) is 0.784. The standard InChI is InChI=1S/C15H12BrN3O/c1-20-14-12(16)9-17-15(19-14)18-13-8-4-6-10-5-2-3-7-11(10)13/h2-9H,1H3,(H,17,18,19). The van der Waals surface area contributed by atoms with Crippen molar-refractivity contribution in [3.05, 3.63) is 53.1 Å². The van der Waals surface area contributed by atoms with Crippen LogP contribution in [0.3, 0.4) is 0 Å². The van der Waals surface area contributed by atoms with Crippen LogP contribution in [0.4, 0.5) is 11.6 Å². The van der Waals surface area contributed by atoms with Crippen LogP contribution in [-0.2, 0) is 0 Å². The van der Waals surface area contributed by atoms with E-state index in [0.29, 0.717) is 11.8 Å². The highest BCUT2D eigenvalue weighted by Crippen LogP contribution is 2.27. The van der Waals surface area contributed by atoms with Crippen LogP contribution in [0.2, 0.25) is 0 Å². The third-order valence-electron chi connectivity index (χ3n) is 2.94. The lowest BCUT2D eigenvalue weighted by Gasteiger charge is -2.09. The van der Waals surface area contributed by atoms with Crippen molar-refractivity contribution < 1.29 is 4.74 Å². The molecule has 3 rings (SSSR count). The van der Waals surface area contributed by atoms with Crippen LogP contribution >= 0.6 is 15.9 Å². The van der Waals surface area contributed by atoms with E-state index in [1.807, 2.05) is 24.3 Å². The summed E-state index contributed by atoms with van der Waals surface area (Å²) < 4.78 is 5.90. The van der Waals surface area contributed by atoms with Gasteiger partial charge in [-0.25, -0.2) is 4.98 Å². The molecular weight excluding hydrogens is 318 g/mol. The second-order valence-corrected chi connectivity index (χ2v) is 5.06. The van der Waals surface area contributed by atoms with Crippen molar-refractivity contribution in [1.29, 1.82) is 0 Å². The van der Waals surface area contributed by atoms with E-state index in [1.54, 1.807) is 13.3 Å². The van der Waals surface area contributed by atoms with Gasteiger partial charge in [0.15, 0.2) is 0 Å². The molecule has 0 saturated heterocycles. The zero-order chi connectivity index (χ0) is 13.9. The molecule has 0 amide bonds. The average molecular weight is 330 g/mol. The van der Waals surface area contributed by atoms with Gasteiger partial charge in [-0.3, -0.25) is 0 Å². The lowest BCUT2D eigenvalue weighted by Crippen LogP contribution is -1.99. The van der Waals surface area contributed by atoms with E-state index < -0.39 is 0 Å². The van der Waals surface area contributed by atoms with Gasteiger partial charge in [-0.15, -0.1) is 0 Å². The largest absolute Gasteiger partial charge is 0.480 e. The molecule has 2 aromatic carbocycles. The number of nitrogens with one attached hydrogen (secondary N) is 1. The molecule has 0 spiro atoms. The van der Waals surface area contributed by atoms with Gasteiger partial charge in [-0.1, -0.05) is 36.4 Å². The molecule has 0 aliphatic carbocycles. The lowest BCUT2D eigenvalue weighted by molar-refractivity contribution is 0.394. The molecule has 0 aliphatic rings. The second kappa shape index (κ2) is 5.46. The maximum atomic E-state index is 5.17. The van der Waals surface area contributed by atoms with Crippen molar-refractivity contribution in [2.45, 2.75) is 0 Å². The molecule has 0 fully saturated rings. The Morgan fingerprint density at radius 3 is 2.75 bits per heavy atom. The van der Waals surface area contributed by atoms with Crippen LogP contribution in [0.5, 0.6) is 5.88 Å². The number of rotatable bonds is 3. The number of hydrogen-bond acceptors (Lipinski definition) is 4. The first-order chi connectivity index (χ1) is 9.78. The first-order valence-corrected chi connectivity index (χ1v) is 6.88. The Morgan fingerprint density at radius 1 is 1.10 bits per heavy atom. The molecule has 20 heavy (non-hydrogen) atoms. The van der Waals surface area contributed by atoms with E-state index >= 15 is 0 Å². The van der Waals surface area contributed by atoms with Gasteiger partial charge < -0.3 is 10.1 Å². The molecule has 0 unspecified atom stereocenters. The summed E-state index contributed by atoms with van der Waals surface area (Å²) in [6.07, 6.45) is 1.67. The highest BCUT2D eigenvalue weighted by molar-refractivity contribution is 9.10. The molecule has 0 bridgehead atoms. The van der Waals surface area contributed by atoms with Gasteiger partial charge in [0.05, 0.1) is 17.8 Å². The number of ether oxygens (including phenoxy) is 1. The summed E-state index contributed by atoms with van der Waals surface area (Å²) >= 11 is 3.34. The molecule has 1 N–H and O–H groups in total. The fourth-order valence-electron chi connectivity index (χ4n) is 2.01. The highest BCUT2D eigenvalue weighted by Gasteiger charge is 2.06. The van der Waals surface area contributed by atoms with Gasteiger partial charge in [0.2, 0.25) is 11.8 Å². The molecular formula is C15H12BrN3O. The SMILES string of the molecule is COc1nc(Nc2cccc3ccccc23)ncc1Br. The zero-order valence-electron chi connectivity index (χ0n) is 10.8. The Bertz CT molecular complexity index is 756. The molecule has 0 atom stereocenters. The summed E-state index contributed by atoms with van der Waals surface area (Å²) in [6.45, 7) is 0. The summed E-state index contributed by atoms with van der Waals surface area (Å²) in [5, 5.41) is 5.52. The number of methoxy groups -OCH3 is 1. The van der Waals surface area contributed by atoms with E-state index in [-0.39, 0.29) is 0 Å². The molecule has 0 radical (unpaired) electrons. The maximum absolute atomic E-state index is 5.17. The van der Waals surface area contributed by atoms with E-state index in [4.69, 9.17) is 4.74 Å². The summed E-state index contributed by atoms with van der Waals surface area (Å²) in [5.41, 5.74) is 0.965. The first-order valence-electron chi connectivity index (χ1n) is 6.09. The predicted octanol–water partition coefficient (Wildman–Crippen LogP) is 4.14. The van der Waals surface area contributed by atoms with Crippen molar-refractivity contribution in [3.8, 4) is 5.88 Å². The lowest BCUT2D eigenvalue weighted by atomic mass is 10.1. The third-order valence-corrected chi connectivity index (χ3v) is 3.49. The van der Waals surface area contributed by atoms with E-state index in [9.17, 15) is 0 Å². The van der Waals surface area contributed by atoms with Gasteiger partial charge in [-0.05, 0) is 27.4 Å². The number of benzene rings is 2. The molecule has 1 aromatic heterocycles. The Morgan fingerprint density at radius 2 is 1.90 bits per heavy atom. The van der Waals surface area contributed by atoms with Crippen molar-refractivity contribution >= 4 is 38.3 Å². The number of aromatic nitrogens is 2. The number of nitrogens with zero attached hydrogens (tertiary/aromatic N) is 2. The van der Waals surface area contributed by atoms with Crippen molar-refractivity contribution in [2.24, 2.45) is 0 Å². The zero-order valence-corrected chi connectivity index (χ0v) is 12.4. The molecule has 0 aliphatic heterocycles. The Balaban J connectivity index is 2.01. The van der Waals surface area contributed by atoms with Gasteiger partial charge in [-0.2, -0.15) is 4.98 Å². The number of anilines is 2. The molecule has 1 heterocycles. The van der Waals surface area contributed by atoms with Crippen LogP contribution in [-0.4, -0.2) is 17.1 Å². The summed E-state index contributed by atoms with van der Waals surface area (Å²) in [4.78, 5) is 8.54. The second-order valence-electron chi connectivity index (χ2n) is 4.20. The minimum Gasteiger partial charge on any atom is -0.480 e. The molecule has 5 heteroatoms. The fourth-order valence-corrected chi connectivity index (χ4v) is 2.36. The van der Waals surface area contributed by atoms with Crippen LogP contribution in [0.25, 0.3) is 10.8 Å². The van der Waals surface area contributed by atoms with E-state index in [0.717, 1.165) is 15.5 Å². The summed E-state index contributed by atoms with van der Waals surface area (Å²) in [6, 6.07) is 14.2. The average Bonchev–Trinajstić information content (AvgIpc) is 2.49. The maximum Gasteiger partial charge on any atom is 0.232 e. The fraction of sp³-hybridized carbons (Fsp3) is 0.0667. The van der Waals surface area contributed by atoms with Crippen LogP contribution in [0, 0.1) is 0 Å². The van der Waals surface area contributed by atoms with E-state index in [2.05, 4.69) is 49.4 Å². The van der Waals surface area contributed by atoms with Crippen molar-refractivity contribution in [2.75, 3.05) is 12.4 Å². The van der Waals surface area contributed by atoms with Gasteiger partial charge in [0, 0.05) is 11.1 Å². The molecule has 0 saturated carbocycles. The first kappa shape index (κ1) is 12.9. The smallest absolute Gasteiger partial charge is 0.232 e. The topological polar surface area (TPSA) is 47.0 Å². The Labute approximate surface area is 125 Å². The molecule has 3 aromatic rings. The Hall–Kier alpha value is -2.14.